The summed E-state index contributed by atoms with van der Waals surface area (Å²) < 4.78 is 12.7. The second kappa shape index (κ2) is 6.58. The normalized spacial score (nSPS) is 9.65. The lowest BCUT2D eigenvalue weighted by Crippen LogP contribution is -2.43. The minimum absolute atomic E-state index is 0.189. The first-order chi connectivity index (χ1) is 9.65. The summed E-state index contributed by atoms with van der Waals surface area (Å²) in [5.74, 6) is -0.694. The Morgan fingerprint density at radius 2 is 1.90 bits per heavy atom. The molecule has 3 N–H and O–H groups in total. The molecule has 2 aromatic rings. The standard InChI is InChI=1S/C13H11FN4OS/c14-10-3-5-11(6-4-10)16-13(20)18-17-12(19)9-2-1-7-15-8-9/h1-8H,(H,17,19)(H2,16,18,20). The third-order valence-electron chi connectivity index (χ3n) is 2.32. The van der Waals surface area contributed by atoms with Crippen LogP contribution in [0.5, 0.6) is 0 Å². The van der Waals surface area contributed by atoms with Gasteiger partial charge in [0.1, 0.15) is 5.82 Å². The Balaban J connectivity index is 1.83. The van der Waals surface area contributed by atoms with E-state index in [0.717, 1.165) is 0 Å². The van der Waals surface area contributed by atoms with Gasteiger partial charge < -0.3 is 5.32 Å². The molecule has 0 unspecified atom stereocenters. The lowest BCUT2D eigenvalue weighted by Gasteiger charge is -2.11. The van der Waals surface area contributed by atoms with E-state index in [4.69, 9.17) is 12.2 Å². The van der Waals surface area contributed by atoms with Crippen LogP contribution < -0.4 is 16.2 Å². The minimum atomic E-state index is -0.360. The Morgan fingerprint density at radius 3 is 2.55 bits per heavy atom. The number of nitrogens with zero attached hydrogens (tertiary/aromatic N) is 1. The van der Waals surface area contributed by atoms with E-state index < -0.39 is 0 Å². The molecule has 7 heteroatoms. The van der Waals surface area contributed by atoms with E-state index in [2.05, 4.69) is 21.2 Å². The van der Waals surface area contributed by atoms with Crippen LogP contribution in [0.4, 0.5) is 10.1 Å². The summed E-state index contributed by atoms with van der Waals surface area (Å²) in [5.41, 5.74) is 5.98. The number of amides is 1. The van der Waals surface area contributed by atoms with Gasteiger partial charge in [-0.15, -0.1) is 0 Å². The van der Waals surface area contributed by atoms with Crippen molar-refractivity contribution in [2.24, 2.45) is 0 Å². The average molecular weight is 290 g/mol. The van der Waals surface area contributed by atoms with Crippen LogP contribution in [-0.4, -0.2) is 16.0 Å². The largest absolute Gasteiger partial charge is 0.331 e. The second-order valence-electron chi connectivity index (χ2n) is 3.78. The first-order valence-corrected chi connectivity index (χ1v) is 6.09. The highest BCUT2D eigenvalue weighted by atomic mass is 32.1. The monoisotopic (exact) mass is 290 g/mol. The van der Waals surface area contributed by atoms with Crippen molar-refractivity contribution < 1.29 is 9.18 Å². The van der Waals surface area contributed by atoms with E-state index in [1.165, 1.54) is 30.5 Å². The van der Waals surface area contributed by atoms with E-state index in [0.29, 0.717) is 11.3 Å². The maximum atomic E-state index is 12.7. The number of rotatable bonds is 2. The zero-order valence-electron chi connectivity index (χ0n) is 10.3. The summed E-state index contributed by atoms with van der Waals surface area (Å²) in [4.78, 5) is 15.5. The van der Waals surface area contributed by atoms with Gasteiger partial charge >= 0.3 is 0 Å². The predicted molar refractivity (Wildman–Crippen MR) is 77.5 cm³/mol. The van der Waals surface area contributed by atoms with Crippen molar-refractivity contribution in [3.05, 3.63) is 60.2 Å². The molecule has 5 nitrogen and oxygen atoms in total. The summed E-state index contributed by atoms with van der Waals surface area (Å²) in [6, 6.07) is 8.96. The molecule has 1 aromatic carbocycles. The van der Waals surface area contributed by atoms with Gasteiger partial charge in [-0.3, -0.25) is 20.6 Å². The van der Waals surface area contributed by atoms with Gasteiger partial charge in [-0.25, -0.2) is 4.39 Å². The summed E-state index contributed by atoms with van der Waals surface area (Å²) >= 11 is 4.99. The predicted octanol–water partition coefficient (Wildman–Crippen LogP) is 1.85. The zero-order valence-corrected chi connectivity index (χ0v) is 11.1. The van der Waals surface area contributed by atoms with Gasteiger partial charge in [-0.2, -0.15) is 0 Å². The molecule has 1 heterocycles. The minimum Gasteiger partial charge on any atom is -0.331 e. The molecule has 0 radical (unpaired) electrons. The number of hydrazine groups is 1. The Bertz CT molecular complexity index is 604. The highest BCUT2D eigenvalue weighted by Gasteiger charge is 2.05. The summed E-state index contributed by atoms with van der Waals surface area (Å²) in [6.45, 7) is 0. The van der Waals surface area contributed by atoms with E-state index in [1.807, 2.05) is 0 Å². The van der Waals surface area contributed by atoms with Gasteiger partial charge in [0.2, 0.25) is 0 Å². The molecule has 0 saturated heterocycles. The zero-order chi connectivity index (χ0) is 14.4. The third kappa shape index (κ3) is 3.99. The van der Waals surface area contributed by atoms with Crippen LogP contribution in [0, 0.1) is 5.82 Å². The molecular formula is C13H11FN4OS. The third-order valence-corrected chi connectivity index (χ3v) is 2.52. The fourth-order valence-electron chi connectivity index (χ4n) is 1.38. The van der Waals surface area contributed by atoms with Crippen LogP contribution in [0.2, 0.25) is 0 Å². The number of hydrogen-bond acceptors (Lipinski definition) is 3. The maximum Gasteiger partial charge on any atom is 0.271 e. The molecule has 2 rings (SSSR count). The number of carbonyl (C=O) groups is 1. The van der Waals surface area contributed by atoms with Crippen LogP contribution in [0.3, 0.4) is 0 Å². The smallest absolute Gasteiger partial charge is 0.271 e. The quantitative estimate of drug-likeness (QED) is 0.582. The molecule has 1 amide bonds. The SMILES string of the molecule is O=C(NNC(=S)Nc1ccc(F)cc1)c1cccnc1. The fraction of sp³-hybridized carbons (Fsp3) is 0. The first-order valence-electron chi connectivity index (χ1n) is 5.68. The van der Waals surface area contributed by atoms with Crippen molar-refractivity contribution in [1.29, 1.82) is 0 Å². The van der Waals surface area contributed by atoms with Gasteiger partial charge in [0.15, 0.2) is 5.11 Å². The molecule has 0 fully saturated rings. The number of aromatic nitrogens is 1. The molecule has 0 aliphatic carbocycles. The van der Waals surface area contributed by atoms with E-state index in [9.17, 15) is 9.18 Å². The fourth-order valence-corrected chi connectivity index (χ4v) is 1.55. The van der Waals surface area contributed by atoms with Crippen molar-refractivity contribution in [2.45, 2.75) is 0 Å². The molecular weight excluding hydrogens is 279 g/mol. The number of thiocarbonyl (C=S) groups is 1. The van der Waals surface area contributed by atoms with Crippen LogP contribution in [0.25, 0.3) is 0 Å². The summed E-state index contributed by atoms with van der Waals surface area (Å²) in [5, 5.41) is 2.99. The Morgan fingerprint density at radius 1 is 1.15 bits per heavy atom. The molecule has 0 spiro atoms. The van der Waals surface area contributed by atoms with Crippen LogP contribution in [0.1, 0.15) is 10.4 Å². The molecule has 0 aliphatic rings. The molecule has 0 atom stereocenters. The van der Waals surface area contributed by atoms with Crippen LogP contribution >= 0.6 is 12.2 Å². The number of halogens is 1. The van der Waals surface area contributed by atoms with Crippen molar-refractivity contribution in [1.82, 2.24) is 15.8 Å². The summed E-state index contributed by atoms with van der Waals surface area (Å²) in [6.07, 6.45) is 3.01. The average Bonchev–Trinajstić information content (AvgIpc) is 2.48. The van der Waals surface area contributed by atoms with Crippen LogP contribution in [-0.2, 0) is 0 Å². The second-order valence-corrected chi connectivity index (χ2v) is 4.19. The lowest BCUT2D eigenvalue weighted by molar-refractivity contribution is 0.0944. The van der Waals surface area contributed by atoms with E-state index in [1.54, 1.807) is 18.3 Å². The van der Waals surface area contributed by atoms with Gasteiger partial charge in [0.25, 0.3) is 5.91 Å². The van der Waals surface area contributed by atoms with Crippen molar-refractivity contribution >= 4 is 28.9 Å². The maximum absolute atomic E-state index is 12.7. The first kappa shape index (κ1) is 13.9. The van der Waals surface area contributed by atoms with Gasteiger partial charge in [0.05, 0.1) is 5.56 Å². The Labute approximate surface area is 120 Å². The van der Waals surface area contributed by atoms with Gasteiger partial charge in [0, 0.05) is 18.1 Å². The number of anilines is 1. The molecule has 0 saturated carbocycles. The van der Waals surface area contributed by atoms with Crippen LogP contribution in [0.15, 0.2) is 48.8 Å². The number of nitrogens with one attached hydrogen (secondary N) is 3. The van der Waals surface area contributed by atoms with E-state index >= 15 is 0 Å². The van der Waals surface area contributed by atoms with Gasteiger partial charge in [-0.05, 0) is 48.6 Å². The lowest BCUT2D eigenvalue weighted by atomic mass is 10.3. The molecule has 102 valence electrons. The number of pyridine rings is 1. The summed E-state index contributed by atoms with van der Waals surface area (Å²) in [7, 11) is 0. The number of hydrogen-bond donors (Lipinski definition) is 3. The Kier molecular flexibility index (Phi) is 4.56. The molecule has 20 heavy (non-hydrogen) atoms. The Hall–Kier alpha value is -2.54. The van der Waals surface area contributed by atoms with Gasteiger partial charge in [-0.1, -0.05) is 0 Å². The highest BCUT2D eigenvalue weighted by molar-refractivity contribution is 7.80. The molecule has 0 aliphatic heterocycles. The van der Waals surface area contributed by atoms with Crippen molar-refractivity contribution in [3.63, 3.8) is 0 Å². The number of benzene rings is 1. The van der Waals surface area contributed by atoms with Crippen molar-refractivity contribution in [2.75, 3.05) is 5.32 Å². The molecule has 0 bridgehead atoms. The van der Waals surface area contributed by atoms with Crippen molar-refractivity contribution in [3.8, 4) is 0 Å². The number of carbonyl (C=O) groups excluding carboxylic acids is 1. The van der Waals surface area contributed by atoms with E-state index in [-0.39, 0.29) is 16.8 Å². The topological polar surface area (TPSA) is 66.1 Å². The molecule has 1 aromatic heterocycles. The highest BCUT2D eigenvalue weighted by Crippen LogP contribution is 2.07.